The molecule has 12 heavy (non-hydrogen) atoms. The first-order valence-corrected chi connectivity index (χ1v) is 3.42. The van der Waals surface area contributed by atoms with Crippen molar-refractivity contribution in [2.24, 2.45) is 11.5 Å². The normalized spacial score (nSPS) is 10.9. The van der Waals surface area contributed by atoms with Crippen LogP contribution in [0.2, 0.25) is 0 Å². The molecule has 6 heteroatoms. The Hall–Kier alpha value is -1.14. The van der Waals surface area contributed by atoms with Crippen LogP contribution in [0.25, 0.3) is 0 Å². The summed E-state index contributed by atoms with van der Waals surface area (Å²) in [6, 6.07) is 0. The molecule has 0 fully saturated rings. The van der Waals surface area contributed by atoms with E-state index >= 15 is 0 Å². The van der Waals surface area contributed by atoms with Crippen molar-refractivity contribution in [1.29, 1.82) is 0 Å². The Morgan fingerprint density at radius 3 is 2.33 bits per heavy atom. The second-order valence-corrected chi connectivity index (χ2v) is 2.68. The molecule has 6 nitrogen and oxygen atoms in total. The molecule has 0 rings (SSSR count). The molecule has 0 unspecified atom stereocenters. The molecule has 0 atom stereocenters. The number of carboxylic acid groups (broad SMARTS) is 1. The SMILES string of the molecule is CC(N)(N)C(=O)NCCC(=O)O. The lowest BCUT2D eigenvalue weighted by Crippen LogP contribution is -2.58. The summed E-state index contributed by atoms with van der Waals surface area (Å²) in [6.07, 6.45) is -0.137. The quantitative estimate of drug-likeness (QED) is 0.376. The van der Waals surface area contributed by atoms with Gasteiger partial charge in [-0.05, 0) is 6.92 Å². The largest absolute Gasteiger partial charge is 0.481 e. The molecule has 0 spiro atoms. The number of aliphatic carboxylic acids is 1. The first-order valence-electron chi connectivity index (χ1n) is 3.42. The number of nitrogens with two attached hydrogens (primary N) is 2. The Bertz CT molecular complexity index is 185. The van der Waals surface area contributed by atoms with Gasteiger partial charge in [0.2, 0.25) is 0 Å². The summed E-state index contributed by atoms with van der Waals surface area (Å²) in [5.41, 5.74) is 8.98. The summed E-state index contributed by atoms with van der Waals surface area (Å²) in [5.74, 6) is -1.55. The van der Waals surface area contributed by atoms with Crippen LogP contribution in [0, 0.1) is 0 Å². The highest BCUT2D eigenvalue weighted by Crippen LogP contribution is 1.86. The number of hydrogen-bond acceptors (Lipinski definition) is 4. The molecule has 0 heterocycles. The van der Waals surface area contributed by atoms with E-state index in [-0.39, 0.29) is 13.0 Å². The van der Waals surface area contributed by atoms with Gasteiger partial charge in [-0.3, -0.25) is 9.59 Å². The number of nitrogens with one attached hydrogen (secondary N) is 1. The predicted octanol–water partition coefficient (Wildman–Crippen LogP) is -1.79. The van der Waals surface area contributed by atoms with Crippen LogP contribution in [-0.2, 0) is 9.59 Å². The van der Waals surface area contributed by atoms with Crippen molar-refractivity contribution in [2.45, 2.75) is 19.0 Å². The maximum Gasteiger partial charge on any atom is 0.305 e. The van der Waals surface area contributed by atoms with Gasteiger partial charge >= 0.3 is 5.97 Å². The Morgan fingerprint density at radius 2 is 2.00 bits per heavy atom. The number of rotatable bonds is 4. The fourth-order valence-electron chi connectivity index (χ4n) is 0.473. The molecule has 0 bridgehead atoms. The summed E-state index contributed by atoms with van der Waals surface area (Å²) < 4.78 is 0. The number of carbonyl (C=O) groups excluding carboxylic acids is 1. The molecular weight excluding hydrogens is 162 g/mol. The average Bonchev–Trinajstić information content (AvgIpc) is 1.84. The van der Waals surface area contributed by atoms with E-state index in [1.165, 1.54) is 6.92 Å². The third kappa shape index (κ3) is 4.64. The first kappa shape index (κ1) is 10.9. The molecule has 0 aromatic rings. The second-order valence-electron chi connectivity index (χ2n) is 2.68. The lowest BCUT2D eigenvalue weighted by Gasteiger charge is -2.16. The summed E-state index contributed by atoms with van der Waals surface area (Å²) in [7, 11) is 0. The second kappa shape index (κ2) is 4.03. The van der Waals surface area contributed by atoms with Crippen LogP contribution in [0.4, 0.5) is 0 Å². The molecule has 1 amide bonds. The molecule has 0 aliphatic rings. The van der Waals surface area contributed by atoms with Crippen LogP contribution in [0.5, 0.6) is 0 Å². The van der Waals surface area contributed by atoms with Crippen LogP contribution >= 0.6 is 0 Å². The maximum atomic E-state index is 10.9. The van der Waals surface area contributed by atoms with Gasteiger partial charge in [0.25, 0.3) is 5.91 Å². The summed E-state index contributed by atoms with van der Waals surface area (Å²) in [6.45, 7) is 1.38. The predicted molar refractivity (Wildman–Crippen MR) is 42.0 cm³/mol. The molecule has 0 saturated heterocycles. The van der Waals surface area contributed by atoms with Crippen molar-refractivity contribution in [2.75, 3.05) is 6.54 Å². The van der Waals surface area contributed by atoms with Crippen molar-refractivity contribution < 1.29 is 14.7 Å². The Balaban J connectivity index is 3.66. The fourth-order valence-corrected chi connectivity index (χ4v) is 0.473. The average molecular weight is 175 g/mol. The van der Waals surface area contributed by atoms with E-state index < -0.39 is 17.5 Å². The van der Waals surface area contributed by atoms with Gasteiger partial charge in [-0.2, -0.15) is 0 Å². The maximum absolute atomic E-state index is 10.9. The van der Waals surface area contributed by atoms with Crippen molar-refractivity contribution in [3.8, 4) is 0 Å². The van der Waals surface area contributed by atoms with Crippen LogP contribution in [0.3, 0.4) is 0 Å². The minimum atomic E-state index is -1.45. The van der Waals surface area contributed by atoms with E-state index in [4.69, 9.17) is 16.6 Å². The van der Waals surface area contributed by atoms with E-state index in [9.17, 15) is 9.59 Å². The highest BCUT2D eigenvalue weighted by Gasteiger charge is 2.21. The lowest BCUT2D eigenvalue weighted by molar-refractivity contribution is -0.137. The van der Waals surface area contributed by atoms with Gasteiger partial charge in [-0.1, -0.05) is 0 Å². The Labute approximate surface area is 69.9 Å². The molecule has 0 aliphatic heterocycles. The number of hydrogen-bond donors (Lipinski definition) is 4. The molecular formula is C6H13N3O3. The van der Waals surface area contributed by atoms with Crippen LogP contribution in [0.15, 0.2) is 0 Å². The Kier molecular flexibility index (Phi) is 3.65. The fraction of sp³-hybridized carbons (Fsp3) is 0.667. The summed E-state index contributed by atoms with van der Waals surface area (Å²) in [5, 5.41) is 10.5. The standard InChI is InChI=1S/C6H13N3O3/c1-6(7,8)5(12)9-3-2-4(10)11/h2-3,7-8H2,1H3,(H,9,12)(H,10,11). The molecule has 0 aliphatic carbocycles. The van der Waals surface area contributed by atoms with Gasteiger partial charge in [-0.25, -0.2) is 0 Å². The van der Waals surface area contributed by atoms with E-state index in [0.29, 0.717) is 0 Å². The zero-order valence-corrected chi connectivity index (χ0v) is 6.83. The van der Waals surface area contributed by atoms with E-state index in [1.807, 2.05) is 0 Å². The number of amides is 1. The van der Waals surface area contributed by atoms with Gasteiger partial charge in [-0.15, -0.1) is 0 Å². The van der Waals surface area contributed by atoms with Gasteiger partial charge in [0.1, 0.15) is 5.66 Å². The smallest absolute Gasteiger partial charge is 0.305 e. The minimum Gasteiger partial charge on any atom is -0.481 e. The van der Waals surface area contributed by atoms with Crippen LogP contribution < -0.4 is 16.8 Å². The van der Waals surface area contributed by atoms with Crippen LogP contribution in [-0.4, -0.2) is 29.2 Å². The monoisotopic (exact) mass is 175 g/mol. The zero-order chi connectivity index (χ0) is 9.78. The van der Waals surface area contributed by atoms with Gasteiger partial charge in [0.15, 0.2) is 0 Å². The van der Waals surface area contributed by atoms with Gasteiger partial charge in [0.05, 0.1) is 6.42 Å². The minimum absolute atomic E-state index is 0.0398. The molecule has 0 aromatic heterocycles. The molecule has 70 valence electrons. The number of carboxylic acids is 1. The molecule has 6 N–H and O–H groups in total. The third-order valence-electron chi connectivity index (χ3n) is 1.11. The topological polar surface area (TPSA) is 118 Å². The number of carbonyl (C=O) groups is 2. The Morgan fingerprint density at radius 1 is 1.50 bits per heavy atom. The van der Waals surface area contributed by atoms with E-state index in [1.54, 1.807) is 0 Å². The molecule has 0 radical (unpaired) electrons. The first-order chi connectivity index (χ1) is 5.34. The van der Waals surface area contributed by atoms with Crippen molar-refractivity contribution in [3.05, 3.63) is 0 Å². The third-order valence-corrected chi connectivity index (χ3v) is 1.11. The van der Waals surface area contributed by atoms with Crippen molar-refractivity contribution in [3.63, 3.8) is 0 Å². The highest BCUT2D eigenvalue weighted by atomic mass is 16.4. The lowest BCUT2D eigenvalue weighted by atomic mass is 10.2. The van der Waals surface area contributed by atoms with Gasteiger partial charge in [0, 0.05) is 6.54 Å². The van der Waals surface area contributed by atoms with E-state index in [2.05, 4.69) is 5.32 Å². The van der Waals surface area contributed by atoms with Crippen molar-refractivity contribution >= 4 is 11.9 Å². The van der Waals surface area contributed by atoms with Crippen LogP contribution in [0.1, 0.15) is 13.3 Å². The summed E-state index contributed by atoms with van der Waals surface area (Å²) >= 11 is 0. The summed E-state index contributed by atoms with van der Waals surface area (Å²) in [4.78, 5) is 20.9. The molecule has 0 saturated carbocycles. The van der Waals surface area contributed by atoms with Gasteiger partial charge < -0.3 is 21.9 Å². The highest BCUT2D eigenvalue weighted by molar-refractivity contribution is 5.85. The zero-order valence-electron chi connectivity index (χ0n) is 6.83. The van der Waals surface area contributed by atoms with Crippen molar-refractivity contribution in [1.82, 2.24) is 5.32 Å². The van der Waals surface area contributed by atoms with E-state index in [0.717, 1.165) is 0 Å². The molecule has 0 aromatic carbocycles.